The Morgan fingerprint density at radius 3 is 2.73 bits per heavy atom. The van der Waals surface area contributed by atoms with E-state index in [1.165, 1.54) is 37.8 Å². The topological polar surface area (TPSA) is 43.3 Å². The maximum Gasteiger partial charge on any atom is 0.164 e. The van der Waals surface area contributed by atoms with Gasteiger partial charge in [0, 0.05) is 23.3 Å². The lowest BCUT2D eigenvalue weighted by Gasteiger charge is -2.23. The summed E-state index contributed by atoms with van der Waals surface area (Å²) in [7, 11) is 0. The monoisotopic (exact) mass is 341 g/mol. The van der Waals surface area contributed by atoms with Crippen LogP contribution < -0.4 is 0 Å². The van der Waals surface area contributed by atoms with E-state index in [1.54, 1.807) is 0 Å². The van der Waals surface area contributed by atoms with Crippen molar-refractivity contribution in [3.05, 3.63) is 54.4 Å². The van der Waals surface area contributed by atoms with Gasteiger partial charge in [0.25, 0.3) is 0 Å². The first-order chi connectivity index (χ1) is 12.9. The first kappa shape index (κ1) is 14.3. The highest BCUT2D eigenvalue weighted by molar-refractivity contribution is 6.13. The van der Waals surface area contributed by atoms with Gasteiger partial charge in [-0.05, 0) is 37.0 Å². The van der Waals surface area contributed by atoms with Crippen LogP contribution in [0, 0.1) is 0 Å². The van der Waals surface area contributed by atoms with Crippen molar-refractivity contribution in [1.29, 1.82) is 0 Å². The summed E-state index contributed by atoms with van der Waals surface area (Å²) in [4.78, 5) is 9.63. The number of hydrogen-bond donors (Lipinski definition) is 0. The van der Waals surface area contributed by atoms with Gasteiger partial charge >= 0.3 is 0 Å². The van der Waals surface area contributed by atoms with Crippen LogP contribution in [0.4, 0.5) is 0 Å². The van der Waals surface area contributed by atoms with Crippen molar-refractivity contribution >= 4 is 38.7 Å². The second kappa shape index (κ2) is 5.31. The minimum Gasteiger partial charge on any atom is -0.456 e. The lowest BCUT2D eigenvalue weighted by Crippen LogP contribution is -2.09. The van der Waals surface area contributed by atoms with E-state index in [4.69, 9.17) is 9.40 Å². The average molecular weight is 341 g/mol. The van der Waals surface area contributed by atoms with Crippen molar-refractivity contribution in [1.82, 2.24) is 14.4 Å². The minimum absolute atomic E-state index is 0.545. The second-order valence-electron chi connectivity index (χ2n) is 7.36. The van der Waals surface area contributed by atoms with Gasteiger partial charge in [-0.3, -0.25) is 4.40 Å². The number of hydrogen-bond acceptors (Lipinski definition) is 3. The van der Waals surface area contributed by atoms with Crippen LogP contribution in [0.15, 0.2) is 53.1 Å². The molecule has 0 atom stereocenters. The van der Waals surface area contributed by atoms with E-state index in [1.807, 2.05) is 30.5 Å². The second-order valence-corrected chi connectivity index (χ2v) is 7.36. The molecule has 4 heterocycles. The van der Waals surface area contributed by atoms with Gasteiger partial charge in [-0.15, -0.1) is 0 Å². The number of pyridine rings is 2. The van der Waals surface area contributed by atoms with Crippen molar-refractivity contribution in [2.45, 2.75) is 38.0 Å². The Kier molecular flexibility index (Phi) is 2.92. The van der Waals surface area contributed by atoms with Gasteiger partial charge in [-0.1, -0.05) is 37.5 Å². The Hall–Kier alpha value is -2.88. The lowest BCUT2D eigenvalue weighted by atomic mass is 9.86. The van der Waals surface area contributed by atoms with Crippen LogP contribution in [-0.2, 0) is 0 Å². The van der Waals surface area contributed by atoms with E-state index in [9.17, 15) is 0 Å². The first-order valence-electron chi connectivity index (χ1n) is 9.47. The zero-order valence-corrected chi connectivity index (χ0v) is 14.5. The van der Waals surface area contributed by atoms with Crippen molar-refractivity contribution < 1.29 is 4.42 Å². The van der Waals surface area contributed by atoms with E-state index < -0.39 is 0 Å². The number of para-hydroxylation sites is 1. The average Bonchev–Trinajstić information content (AvgIpc) is 3.26. The summed E-state index contributed by atoms with van der Waals surface area (Å²) in [5, 5.41) is 2.22. The predicted octanol–water partition coefficient (Wildman–Crippen LogP) is 5.83. The molecule has 0 N–H and O–H groups in total. The standard InChI is InChI=1S/C22H19N3O/c1-2-7-14(8-3-1)17-13-19-20(15-9-4-5-11-18(15)26-19)22-24-16-10-6-12-23-21(16)25(17)22/h4-6,9-14H,1-3,7-8H2. The van der Waals surface area contributed by atoms with Crippen molar-refractivity contribution in [2.75, 3.05) is 0 Å². The molecule has 1 saturated carbocycles. The van der Waals surface area contributed by atoms with Gasteiger partial charge < -0.3 is 4.42 Å². The largest absolute Gasteiger partial charge is 0.456 e. The van der Waals surface area contributed by atoms with Crippen molar-refractivity contribution in [3.63, 3.8) is 0 Å². The van der Waals surface area contributed by atoms with Gasteiger partial charge in [0.1, 0.15) is 16.7 Å². The maximum atomic E-state index is 6.21. The van der Waals surface area contributed by atoms with Gasteiger partial charge in [0.2, 0.25) is 0 Å². The molecule has 26 heavy (non-hydrogen) atoms. The maximum absolute atomic E-state index is 6.21. The van der Waals surface area contributed by atoms with E-state index in [2.05, 4.69) is 27.6 Å². The van der Waals surface area contributed by atoms with Crippen LogP contribution >= 0.6 is 0 Å². The fourth-order valence-electron chi connectivity index (χ4n) is 4.62. The number of benzene rings is 1. The fraction of sp³-hybridized carbons (Fsp3) is 0.273. The third-order valence-corrected chi connectivity index (χ3v) is 5.82. The summed E-state index contributed by atoms with van der Waals surface area (Å²) < 4.78 is 8.50. The summed E-state index contributed by atoms with van der Waals surface area (Å²) in [6.45, 7) is 0. The van der Waals surface area contributed by atoms with Gasteiger partial charge in [0.05, 0.1) is 5.39 Å². The predicted molar refractivity (Wildman–Crippen MR) is 104 cm³/mol. The number of fused-ring (bicyclic) bond motifs is 7. The quantitative estimate of drug-likeness (QED) is 0.385. The zero-order chi connectivity index (χ0) is 17.1. The summed E-state index contributed by atoms with van der Waals surface area (Å²) in [5.41, 5.74) is 6.03. The number of furan rings is 1. The molecule has 6 rings (SSSR count). The van der Waals surface area contributed by atoms with Crippen LogP contribution in [0.5, 0.6) is 0 Å². The molecule has 4 aromatic heterocycles. The smallest absolute Gasteiger partial charge is 0.164 e. The molecule has 1 fully saturated rings. The van der Waals surface area contributed by atoms with Crippen LogP contribution in [0.1, 0.15) is 43.7 Å². The van der Waals surface area contributed by atoms with Crippen LogP contribution in [0.2, 0.25) is 0 Å². The molecule has 0 aliphatic heterocycles. The molecule has 1 aromatic carbocycles. The molecule has 0 spiro atoms. The Balaban J connectivity index is 1.81. The third kappa shape index (κ3) is 1.90. The molecule has 0 unspecified atom stereocenters. The molecule has 0 saturated heterocycles. The lowest BCUT2D eigenvalue weighted by molar-refractivity contribution is 0.435. The molecule has 1 aliphatic rings. The highest BCUT2D eigenvalue weighted by atomic mass is 16.3. The molecule has 4 heteroatoms. The molecule has 0 radical (unpaired) electrons. The Morgan fingerprint density at radius 2 is 1.81 bits per heavy atom. The molecular weight excluding hydrogens is 322 g/mol. The molecule has 128 valence electrons. The SMILES string of the molecule is c1cnc2c(c1)nc1c3c(cc(C4CCCCC4)n21)oc1ccccc13. The summed E-state index contributed by atoms with van der Waals surface area (Å²) in [6.07, 6.45) is 8.25. The van der Waals surface area contributed by atoms with E-state index >= 15 is 0 Å². The normalized spacial score (nSPS) is 16.3. The summed E-state index contributed by atoms with van der Waals surface area (Å²) in [5.74, 6) is 0.545. The molecule has 5 aromatic rings. The van der Waals surface area contributed by atoms with Crippen molar-refractivity contribution in [3.8, 4) is 0 Å². The van der Waals surface area contributed by atoms with E-state index in [0.29, 0.717) is 5.92 Å². The minimum atomic E-state index is 0.545. The number of nitrogens with zero attached hydrogens (tertiary/aromatic N) is 3. The Bertz CT molecular complexity index is 1270. The zero-order valence-electron chi connectivity index (χ0n) is 14.5. The highest BCUT2D eigenvalue weighted by Gasteiger charge is 2.24. The molecule has 1 aliphatic carbocycles. The Morgan fingerprint density at radius 1 is 0.923 bits per heavy atom. The third-order valence-electron chi connectivity index (χ3n) is 5.82. The molecule has 0 amide bonds. The fourth-order valence-corrected chi connectivity index (χ4v) is 4.62. The number of rotatable bonds is 1. The van der Waals surface area contributed by atoms with E-state index in [-0.39, 0.29) is 0 Å². The summed E-state index contributed by atoms with van der Waals surface area (Å²) in [6, 6.07) is 14.5. The number of imidazole rings is 1. The number of aromatic nitrogens is 3. The molecule has 0 bridgehead atoms. The molecular formula is C22H19N3O. The first-order valence-corrected chi connectivity index (χ1v) is 9.47. The van der Waals surface area contributed by atoms with Crippen molar-refractivity contribution in [2.24, 2.45) is 0 Å². The highest BCUT2D eigenvalue weighted by Crippen LogP contribution is 2.39. The van der Waals surface area contributed by atoms with Crippen LogP contribution in [0.25, 0.3) is 38.7 Å². The summed E-state index contributed by atoms with van der Waals surface area (Å²) >= 11 is 0. The van der Waals surface area contributed by atoms with Gasteiger partial charge in [0.15, 0.2) is 11.3 Å². The van der Waals surface area contributed by atoms with Gasteiger partial charge in [-0.25, -0.2) is 9.97 Å². The van der Waals surface area contributed by atoms with Gasteiger partial charge in [-0.2, -0.15) is 0 Å². The van der Waals surface area contributed by atoms with Crippen LogP contribution in [0.3, 0.4) is 0 Å². The molecule has 4 nitrogen and oxygen atoms in total. The van der Waals surface area contributed by atoms with Crippen LogP contribution in [-0.4, -0.2) is 14.4 Å². The van der Waals surface area contributed by atoms with E-state index in [0.717, 1.165) is 38.7 Å². The Labute approximate surface area is 150 Å².